The average Bonchev–Trinajstić information content (AvgIpc) is 3.08. The summed E-state index contributed by atoms with van der Waals surface area (Å²) in [5.74, 6) is 0.323. The lowest BCUT2D eigenvalue weighted by atomic mass is 10.1. The minimum atomic E-state index is -0.0123. The zero-order valence-corrected chi connectivity index (χ0v) is 16.7. The number of ketones is 1. The van der Waals surface area contributed by atoms with Crippen molar-refractivity contribution in [1.29, 1.82) is 0 Å². The minimum absolute atomic E-state index is 0.0123. The second-order valence-electron chi connectivity index (χ2n) is 5.74. The Bertz CT molecular complexity index is 716. The lowest BCUT2D eigenvalue weighted by molar-refractivity contribution is -0.116. The van der Waals surface area contributed by atoms with Gasteiger partial charge in [0.1, 0.15) is 0 Å². The predicted molar refractivity (Wildman–Crippen MR) is 108 cm³/mol. The SMILES string of the molecule is CCCCNc1nnc(SCC(=O)c2ccc(NC(=O)CCC)cc2)s1. The molecular formula is C18H24N4O2S2. The van der Waals surface area contributed by atoms with Crippen molar-refractivity contribution in [2.24, 2.45) is 0 Å². The molecule has 0 saturated heterocycles. The molecule has 0 aliphatic rings. The molecule has 0 aliphatic heterocycles. The zero-order chi connectivity index (χ0) is 18.8. The number of Topliss-reactive ketones (excluding diaryl/α,β-unsaturated/α-hetero) is 1. The zero-order valence-electron chi connectivity index (χ0n) is 15.1. The third kappa shape index (κ3) is 6.76. The van der Waals surface area contributed by atoms with Crippen molar-refractivity contribution in [2.75, 3.05) is 22.9 Å². The van der Waals surface area contributed by atoms with Crippen LogP contribution in [0.25, 0.3) is 0 Å². The Balaban J connectivity index is 1.81. The molecule has 2 rings (SSSR count). The Kier molecular flexibility index (Phi) is 8.57. The van der Waals surface area contributed by atoms with E-state index >= 15 is 0 Å². The number of hydrogen-bond acceptors (Lipinski definition) is 7. The summed E-state index contributed by atoms with van der Waals surface area (Å²) in [6.07, 6.45) is 3.52. The molecule has 2 N–H and O–H groups in total. The van der Waals surface area contributed by atoms with Gasteiger partial charge in [0, 0.05) is 24.2 Å². The van der Waals surface area contributed by atoms with Crippen molar-refractivity contribution >= 4 is 45.6 Å². The van der Waals surface area contributed by atoms with Crippen LogP contribution in [-0.4, -0.2) is 34.2 Å². The number of carbonyl (C=O) groups excluding carboxylic acids is 2. The number of unbranched alkanes of at least 4 members (excludes halogenated alkanes) is 1. The normalized spacial score (nSPS) is 10.5. The maximum Gasteiger partial charge on any atom is 0.224 e. The van der Waals surface area contributed by atoms with E-state index in [2.05, 4.69) is 27.8 Å². The lowest BCUT2D eigenvalue weighted by Crippen LogP contribution is -2.10. The van der Waals surface area contributed by atoms with E-state index in [4.69, 9.17) is 0 Å². The van der Waals surface area contributed by atoms with Gasteiger partial charge in [-0.2, -0.15) is 0 Å². The van der Waals surface area contributed by atoms with E-state index in [-0.39, 0.29) is 11.7 Å². The minimum Gasteiger partial charge on any atom is -0.360 e. The molecule has 0 bridgehead atoms. The fourth-order valence-electron chi connectivity index (χ4n) is 2.11. The highest BCUT2D eigenvalue weighted by Gasteiger charge is 2.10. The molecule has 6 nitrogen and oxygen atoms in total. The van der Waals surface area contributed by atoms with Gasteiger partial charge < -0.3 is 10.6 Å². The molecule has 1 heterocycles. The second kappa shape index (κ2) is 10.9. The second-order valence-corrected chi connectivity index (χ2v) is 7.94. The van der Waals surface area contributed by atoms with Gasteiger partial charge in [0.05, 0.1) is 5.75 Å². The van der Waals surface area contributed by atoms with Gasteiger partial charge in [-0.05, 0) is 37.1 Å². The average molecular weight is 393 g/mol. The highest BCUT2D eigenvalue weighted by atomic mass is 32.2. The van der Waals surface area contributed by atoms with E-state index in [1.165, 1.54) is 23.1 Å². The first kappa shape index (κ1) is 20.4. The summed E-state index contributed by atoms with van der Waals surface area (Å²) in [7, 11) is 0. The van der Waals surface area contributed by atoms with Crippen LogP contribution in [0, 0.1) is 0 Å². The van der Waals surface area contributed by atoms with Crippen molar-refractivity contribution in [3.05, 3.63) is 29.8 Å². The summed E-state index contributed by atoms with van der Waals surface area (Å²) in [6.45, 7) is 4.98. The van der Waals surface area contributed by atoms with E-state index in [1.54, 1.807) is 24.3 Å². The van der Waals surface area contributed by atoms with Gasteiger partial charge in [0.2, 0.25) is 11.0 Å². The van der Waals surface area contributed by atoms with Crippen LogP contribution >= 0.6 is 23.1 Å². The van der Waals surface area contributed by atoms with Crippen LogP contribution in [0.5, 0.6) is 0 Å². The molecule has 140 valence electrons. The molecule has 0 saturated carbocycles. The monoisotopic (exact) mass is 392 g/mol. The molecule has 26 heavy (non-hydrogen) atoms. The van der Waals surface area contributed by atoms with E-state index in [9.17, 15) is 9.59 Å². The molecule has 0 radical (unpaired) electrons. The Morgan fingerprint density at radius 1 is 1.12 bits per heavy atom. The first-order chi connectivity index (χ1) is 12.6. The number of rotatable bonds is 11. The van der Waals surface area contributed by atoms with Crippen LogP contribution in [0.4, 0.5) is 10.8 Å². The third-order valence-corrected chi connectivity index (χ3v) is 5.52. The molecule has 0 aliphatic carbocycles. The third-order valence-electron chi connectivity index (χ3n) is 3.51. The Morgan fingerprint density at radius 3 is 2.58 bits per heavy atom. The lowest BCUT2D eigenvalue weighted by Gasteiger charge is -2.05. The summed E-state index contributed by atoms with van der Waals surface area (Å²) in [4.78, 5) is 23.9. The number of benzene rings is 1. The van der Waals surface area contributed by atoms with E-state index in [1.807, 2.05) is 6.92 Å². The van der Waals surface area contributed by atoms with Gasteiger partial charge in [-0.15, -0.1) is 10.2 Å². The van der Waals surface area contributed by atoms with Crippen molar-refractivity contribution in [3.8, 4) is 0 Å². The standard InChI is InChI=1S/C18H24N4O2S2/c1-3-5-11-19-17-21-22-18(26-17)25-12-15(23)13-7-9-14(10-8-13)20-16(24)6-4-2/h7-10H,3-6,11-12H2,1-2H3,(H,19,21)(H,20,24). The molecule has 0 atom stereocenters. The number of hydrogen-bond donors (Lipinski definition) is 2. The van der Waals surface area contributed by atoms with Gasteiger partial charge >= 0.3 is 0 Å². The topological polar surface area (TPSA) is 84.0 Å². The summed E-state index contributed by atoms with van der Waals surface area (Å²) in [5, 5.41) is 15.0. The van der Waals surface area contributed by atoms with Gasteiger partial charge in [-0.3, -0.25) is 9.59 Å². The number of nitrogens with one attached hydrogen (secondary N) is 2. The highest BCUT2D eigenvalue weighted by Crippen LogP contribution is 2.26. The number of aromatic nitrogens is 2. The quantitative estimate of drug-likeness (QED) is 0.334. The van der Waals surface area contributed by atoms with Crippen molar-refractivity contribution < 1.29 is 9.59 Å². The molecule has 1 aromatic heterocycles. The fourth-order valence-corrected chi connectivity index (χ4v) is 3.78. The molecule has 1 amide bonds. The van der Waals surface area contributed by atoms with Crippen LogP contribution in [0.1, 0.15) is 49.9 Å². The molecule has 8 heteroatoms. The van der Waals surface area contributed by atoms with Gasteiger partial charge in [-0.1, -0.05) is 43.4 Å². The van der Waals surface area contributed by atoms with Crippen molar-refractivity contribution in [1.82, 2.24) is 10.2 Å². The number of thioether (sulfide) groups is 1. The van der Waals surface area contributed by atoms with Crippen LogP contribution in [0.15, 0.2) is 28.6 Å². The number of anilines is 2. The van der Waals surface area contributed by atoms with Crippen LogP contribution in [-0.2, 0) is 4.79 Å². The largest absolute Gasteiger partial charge is 0.360 e. The molecule has 0 unspecified atom stereocenters. The summed E-state index contributed by atoms with van der Waals surface area (Å²) >= 11 is 2.85. The summed E-state index contributed by atoms with van der Waals surface area (Å²) in [6, 6.07) is 6.99. The van der Waals surface area contributed by atoms with Crippen LogP contribution in [0.2, 0.25) is 0 Å². The number of amides is 1. The summed E-state index contributed by atoms with van der Waals surface area (Å²) < 4.78 is 0.779. The van der Waals surface area contributed by atoms with Crippen molar-refractivity contribution in [3.63, 3.8) is 0 Å². The highest BCUT2D eigenvalue weighted by molar-refractivity contribution is 8.01. The molecule has 1 aromatic carbocycles. The van der Waals surface area contributed by atoms with Gasteiger partial charge in [0.25, 0.3) is 0 Å². The maximum atomic E-state index is 12.3. The smallest absolute Gasteiger partial charge is 0.224 e. The Hall–Kier alpha value is -1.93. The first-order valence-corrected chi connectivity index (χ1v) is 10.6. The van der Waals surface area contributed by atoms with E-state index in [0.29, 0.717) is 23.4 Å². The molecular weight excluding hydrogens is 368 g/mol. The summed E-state index contributed by atoms with van der Waals surface area (Å²) in [5.41, 5.74) is 1.33. The number of carbonyl (C=O) groups is 2. The van der Waals surface area contributed by atoms with Crippen LogP contribution < -0.4 is 10.6 Å². The Morgan fingerprint density at radius 2 is 1.88 bits per heavy atom. The molecule has 0 fully saturated rings. The van der Waals surface area contributed by atoms with Crippen LogP contribution in [0.3, 0.4) is 0 Å². The predicted octanol–water partition coefficient (Wildman–Crippen LogP) is 4.46. The maximum absolute atomic E-state index is 12.3. The van der Waals surface area contributed by atoms with Crippen molar-refractivity contribution in [2.45, 2.75) is 43.9 Å². The molecule has 2 aromatic rings. The Labute approximate surface area is 162 Å². The van der Waals surface area contributed by atoms with Gasteiger partial charge in [0.15, 0.2) is 10.1 Å². The fraction of sp³-hybridized carbons (Fsp3) is 0.444. The van der Waals surface area contributed by atoms with Gasteiger partial charge in [-0.25, -0.2) is 0 Å². The number of nitrogens with zero attached hydrogens (tertiary/aromatic N) is 2. The first-order valence-electron chi connectivity index (χ1n) is 8.75. The van der Waals surface area contributed by atoms with E-state index < -0.39 is 0 Å². The molecule has 0 spiro atoms. The van der Waals surface area contributed by atoms with E-state index in [0.717, 1.165) is 35.3 Å².